The quantitative estimate of drug-likeness (QED) is 0.391. The smallest absolute Gasteiger partial charge is 0.160 e. The van der Waals surface area contributed by atoms with Gasteiger partial charge in [0, 0.05) is 16.5 Å². The zero-order valence-corrected chi connectivity index (χ0v) is 16.9. The lowest BCUT2D eigenvalue weighted by Crippen LogP contribution is -1.98. The number of para-hydroxylation sites is 1. The highest BCUT2D eigenvalue weighted by Gasteiger charge is 2.12. The Morgan fingerprint density at radius 1 is 1.00 bits per heavy atom. The van der Waals surface area contributed by atoms with E-state index >= 15 is 0 Å². The molecule has 0 spiro atoms. The molecule has 3 aromatic carbocycles. The van der Waals surface area contributed by atoms with Crippen LogP contribution in [0, 0.1) is 19.3 Å². The number of aromatic nitrogens is 4. The Balaban J connectivity index is 1.51. The molecule has 0 amide bonds. The highest BCUT2D eigenvalue weighted by Crippen LogP contribution is 2.31. The molecule has 0 atom stereocenters. The SMILES string of the molecule is C#CCOc1ccccc1-c1nc2cc(Nc3nnc(C)c4ccccc34)ccc2[nH]1. The minimum Gasteiger partial charge on any atom is -0.480 e. The molecular weight excluding hydrogens is 386 g/mol. The second kappa shape index (κ2) is 7.81. The largest absolute Gasteiger partial charge is 0.480 e. The normalized spacial score (nSPS) is 10.8. The number of nitrogens with one attached hydrogen (secondary N) is 2. The number of H-pyrrole nitrogens is 1. The number of aromatic amines is 1. The average molecular weight is 405 g/mol. The van der Waals surface area contributed by atoms with E-state index in [1.807, 2.05) is 73.7 Å². The molecule has 5 rings (SSSR count). The van der Waals surface area contributed by atoms with Crippen LogP contribution in [0.3, 0.4) is 0 Å². The first-order chi connectivity index (χ1) is 15.2. The Morgan fingerprint density at radius 2 is 1.81 bits per heavy atom. The van der Waals surface area contributed by atoms with Crippen molar-refractivity contribution in [2.75, 3.05) is 11.9 Å². The van der Waals surface area contributed by atoms with Crippen molar-refractivity contribution in [2.45, 2.75) is 6.92 Å². The van der Waals surface area contributed by atoms with E-state index in [9.17, 15) is 0 Å². The van der Waals surface area contributed by atoms with Crippen molar-refractivity contribution >= 4 is 33.3 Å². The maximum atomic E-state index is 5.67. The topological polar surface area (TPSA) is 75.7 Å². The van der Waals surface area contributed by atoms with Crippen LogP contribution in [0.1, 0.15) is 5.69 Å². The number of anilines is 2. The van der Waals surface area contributed by atoms with Gasteiger partial charge in [0.25, 0.3) is 0 Å². The number of rotatable bonds is 5. The molecule has 6 nitrogen and oxygen atoms in total. The maximum Gasteiger partial charge on any atom is 0.160 e. The third kappa shape index (κ3) is 3.53. The van der Waals surface area contributed by atoms with Gasteiger partial charge in [-0.3, -0.25) is 0 Å². The highest BCUT2D eigenvalue weighted by atomic mass is 16.5. The maximum absolute atomic E-state index is 5.67. The summed E-state index contributed by atoms with van der Waals surface area (Å²) in [6, 6.07) is 21.7. The van der Waals surface area contributed by atoms with E-state index in [1.165, 1.54) is 0 Å². The minimum absolute atomic E-state index is 0.205. The van der Waals surface area contributed by atoms with E-state index < -0.39 is 0 Å². The fraction of sp³-hybridized carbons (Fsp3) is 0.0800. The zero-order valence-electron chi connectivity index (χ0n) is 16.9. The third-order valence-electron chi connectivity index (χ3n) is 5.07. The molecule has 5 aromatic rings. The molecule has 150 valence electrons. The van der Waals surface area contributed by atoms with E-state index in [2.05, 4.69) is 26.4 Å². The van der Waals surface area contributed by atoms with Gasteiger partial charge < -0.3 is 15.0 Å². The number of aryl methyl sites for hydroxylation is 1. The van der Waals surface area contributed by atoms with E-state index in [0.717, 1.165) is 44.6 Å². The van der Waals surface area contributed by atoms with Gasteiger partial charge in [0.05, 0.1) is 22.3 Å². The van der Waals surface area contributed by atoms with Crippen LogP contribution in [0.25, 0.3) is 33.2 Å². The number of imidazole rings is 1. The van der Waals surface area contributed by atoms with Crippen molar-refractivity contribution in [1.29, 1.82) is 0 Å². The first-order valence-electron chi connectivity index (χ1n) is 9.87. The first kappa shape index (κ1) is 18.6. The summed E-state index contributed by atoms with van der Waals surface area (Å²) in [4.78, 5) is 8.13. The number of terminal acetylenes is 1. The minimum atomic E-state index is 0.205. The van der Waals surface area contributed by atoms with Crippen LogP contribution >= 0.6 is 0 Å². The van der Waals surface area contributed by atoms with Crippen LogP contribution in [0.5, 0.6) is 5.75 Å². The van der Waals surface area contributed by atoms with Crippen LogP contribution in [0.4, 0.5) is 11.5 Å². The molecule has 0 aliphatic rings. The Kier molecular flexibility index (Phi) is 4.70. The fourth-order valence-electron chi connectivity index (χ4n) is 3.59. The highest BCUT2D eigenvalue weighted by molar-refractivity contribution is 5.95. The van der Waals surface area contributed by atoms with Crippen molar-refractivity contribution in [3.8, 4) is 29.5 Å². The molecular formula is C25H19N5O. The molecule has 2 heterocycles. The zero-order chi connectivity index (χ0) is 21.2. The standard InChI is InChI=1S/C25H19N5O/c1-3-14-31-23-11-7-6-10-20(23)24-27-21-13-12-17(15-22(21)28-24)26-25-19-9-5-4-8-18(19)16(2)29-30-25/h1,4-13,15H,14H2,2H3,(H,26,30)(H,27,28). The molecule has 2 aromatic heterocycles. The van der Waals surface area contributed by atoms with Crippen molar-refractivity contribution < 1.29 is 4.74 Å². The Bertz CT molecular complexity index is 1450. The molecule has 0 aliphatic heterocycles. The lowest BCUT2D eigenvalue weighted by molar-refractivity contribution is 0.371. The number of ether oxygens (including phenoxy) is 1. The van der Waals surface area contributed by atoms with E-state index in [4.69, 9.17) is 16.1 Å². The molecule has 0 fully saturated rings. The molecule has 0 saturated carbocycles. The van der Waals surface area contributed by atoms with E-state index in [-0.39, 0.29) is 6.61 Å². The predicted octanol–water partition coefficient (Wildman–Crippen LogP) is 5.24. The summed E-state index contributed by atoms with van der Waals surface area (Å²) in [6.07, 6.45) is 5.33. The monoisotopic (exact) mass is 405 g/mol. The summed E-state index contributed by atoms with van der Waals surface area (Å²) < 4.78 is 5.67. The van der Waals surface area contributed by atoms with Crippen molar-refractivity contribution in [3.63, 3.8) is 0 Å². The van der Waals surface area contributed by atoms with Crippen LogP contribution in [0.2, 0.25) is 0 Å². The van der Waals surface area contributed by atoms with Crippen LogP contribution < -0.4 is 10.1 Å². The molecule has 0 unspecified atom stereocenters. The summed E-state index contributed by atoms with van der Waals surface area (Å²) in [5, 5.41) is 14.1. The van der Waals surface area contributed by atoms with Crippen LogP contribution in [-0.4, -0.2) is 26.8 Å². The number of fused-ring (bicyclic) bond motifs is 2. The van der Waals surface area contributed by atoms with Gasteiger partial charge in [-0.15, -0.1) is 11.5 Å². The lowest BCUT2D eigenvalue weighted by atomic mass is 10.1. The third-order valence-corrected chi connectivity index (χ3v) is 5.07. The molecule has 31 heavy (non-hydrogen) atoms. The molecule has 0 radical (unpaired) electrons. The molecule has 2 N–H and O–H groups in total. The number of nitrogens with zero attached hydrogens (tertiary/aromatic N) is 3. The molecule has 0 saturated heterocycles. The number of benzene rings is 3. The van der Waals surface area contributed by atoms with E-state index in [1.54, 1.807) is 0 Å². The summed E-state index contributed by atoms with van der Waals surface area (Å²) >= 11 is 0. The first-order valence-corrected chi connectivity index (χ1v) is 9.87. The lowest BCUT2D eigenvalue weighted by Gasteiger charge is -2.09. The number of hydrogen-bond acceptors (Lipinski definition) is 5. The Labute approximate surface area is 179 Å². The summed E-state index contributed by atoms with van der Waals surface area (Å²) in [7, 11) is 0. The fourth-order valence-corrected chi connectivity index (χ4v) is 3.59. The van der Waals surface area contributed by atoms with Gasteiger partial charge in [0.15, 0.2) is 5.82 Å². The van der Waals surface area contributed by atoms with Gasteiger partial charge in [0.2, 0.25) is 0 Å². The van der Waals surface area contributed by atoms with Crippen molar-refractivity contribution in [3.05, 3.63) is 72.4 Å². The van der Waals surface area contributed by atoms with Crippen LogP contribution in [-0.2, 0) is 0 Å². The molecule has 0 aliphatic carbocycles. The second-order valence-corrected chi connectivity index (χ2v) is 7.11. The van der Waals surface area contributed by atoms with Gasteiger partial charge in [-0.1, -0.05) is 42.3 Å². The second-order valence-electron chi connectivity index (χ2n) is 7.11. The Morgan fingerprint density at radius 3 is 2.68 bits per heavy atom. The Hall–Kier alpha value is -4.37. The van der Waals surface area contributed by atoms with Crippen molar-refractivity contribution in [2.24, 2.45) is 0 Å². The summed E-state index contributed by atoms with van der Waals surface area (Å²) in [5.41, 5.74) is 4.40. The average Bonchev–Trinajstić information content (AvgIpc) is 3.23. The number of hydrogen-bond donors (Lipinski definition) is 2. The summed E-state index contributed by atoms with van der Waals surface area (Å²) in [6.45, 7) is 2.17. The molecule has 6 heteroatoms. The van der Waals surface area contributed by atoms with Gasteiger partial charge in [-0.2, -0.15) is 5.10 Å². The van der Waals surface area contributed by atoms with Gasteiger partial charge >= 0.3 is 0 Å². The van der Waals surface area contributed by atoms with E-state index in [0.29, 0.717) is 11.6 Å². The van der Waals surface area contributed by atoms with Crippen molar-refractivity contribution in [1.82, 2.24) is 20.2 Å². The van der Waals surface area contributed by atoms with Crippen LogP contribution in [0.15, 0.2) is 66.7 Å². The predicted molar refractivity (Wildman–Crippen MR) is 123 cm³/mol. The summed E-state index contributed by atoms with van der Waals surface area (Å²) in [5.74, 6) is 4.62. The van der Waals surface area contributed by atoms with Gasteiger partial charge in [-0.25, -0.2) is 4.98 Å². The molecule has 0 bridgehead atoms. The van der Waals surface area contributed by atoms with Gasteiger partial charge in [-0.05, 0) is 37.3 Å². The van der Waals surface area contributed by atoms with Gasteiger partial charge in [0.1, 0.15) is 18.2 Å².